The highest BCUT2D eigenvalue weighted by Crippen LogP contribution is 2.36. The van der Waals surface area contributed by atoms with Gasteiger partial charge in [0.15, 0.2) is 0 Å². The molecule has 0 radical (unpaired) electrons. The first kappa shape index (κ1) is 12.6. The zero-order valence-electron chi connectivity index (χ0n) is 11.2. The lowest BCUT2D eigenvalue weighted by Gasteiger charge is -2.33. The predicted molar refractivity (Wildman–Crippen MR) is 70.9 cm³/mol. The summed E-state index contributed by atoms with van der Waals surface area (Å²) in [6, 6.07) is 0.685. The highest BCUT2D eigenvalue weighted by Gasteiger charge is 2.26. The highest BCUT2D eigenvalue weighted by molar-refractivity contribution is 5.01. The number of rotatable bonds is 5. The Labute approximate surface area is 105 Å². The summed E-state index contributed by atoms with van der Waals surface area (Å²) in [6.07, 6.45) is 10.8. The lowest BCUT2D eigenvalue weighted by Crippen LogP contribution is -2.25. The normalized spacial score (nSPS) is 25.1. The van der Waals surface area contributed by atoms with Crippen molar-refractivity contribution < 1.29 is 0 Å². The van der Waals surface area contributed by atoms with E-state index in [1.807, 2.05) is 12.5 Å². The third-order valence-electron chi connectivity index (χ3n) is 4.05. The molecule has 0 aromatic carbocycles. The molecule has 0 aliphatic heterocycles. The molecule has 0 bridgehead atoms. The van der Waals surface area contributed by atoms with Crippen molar-refractivity contribution in [3.8, 4) is 0 Å². The first-order valence-corrected chi connectivity index (χ1v) is 7.08. The SMILES string of the molecule is CCNCc1cncn1C1CCCCC1CC. The van der Waals surface area contributed by atoms with E-state index in [0.29, 0.717) is 6.04 Å². The van der Waals surface area contributed by atoms with Gasteiger partial charge in [-0.25, -0.2) is 4.98 Å². The number of hydrogen-bond donors (Lipinski definition) is 1. The van der Waals surface area contributed by atoms with Gasteiger partial charge in [-0.15, -0.1) is 0 Å². The predicted octanol–water partition coefficient (Wildman–Crippen LogP) is 3.13. The van der Waals surface area contributed by atoms with Gasteiger partial charge in [0.05, 0.1) is 12.0 Å². The minimum atomic E-state index is 0.685. The average Bonchev–Trinajstić information content (AvgIpc) is 2.84. The molecule has 96 valence electrons. The van der Waals surface area contributed by atoms with Crippen LogP contribution < -0.4 is 5.32 Å². The topological polar surface area (TPSA) is 29.9 Å². The molecule has 1 aliphatic carbocycles. The van der Waals surface area contributed by atoms with Crippen molar-refractivity contribution in [3.63, 3.8) is 0 Å². The summed E-state index contributed by atoms with van der Waals surface area (Å²) in [4.78, 5) is 4.34. The van der Waals surface area contributed by atoms with E-state index in [2.05, 4.69) is 28.7 Å². The van der Waals surface area contributed by atoms with Crippen LogP contribution in [0.15, 0.2) is 12.5 Å². The van der Waals surface area contributed by atoms with Gasteiger partial charge in [-0.05, 0) is 25.3 Å². The van der Waals surface area contributed by atoms with Crippen LogP contribution in [0.1, 0.15) is 57.7 Å². The third kappa shape index (κ3) is 2.89. The number of nitrogens with zero attached hydrogens (tertiary/aromatic N) is 2. The molecule has 1 aliphatic rings. The summed E-state index contributed by atoms with van der Waals surface area (Å²) in [5.74, 6) is 0.846. The Balaban J connectivity index is 2.11. The van der Waals surface area contributed by atoms with Gasteiger partial charge in [0.1, 0.15) is 0 Å². The maximum absolute atomic E-state index is 4.34. The molecule has 1 aromatic rings. The summed E-state index contributed by atoms with van der Waals surface area (Å²) in [5, 5.41) is 3.40. The molecule has 0 amide bonds. The minimum absolute atomic E-state index is 0.685. The van der Waals surface area contributed by atoms with Gasteiger partial charge in [0, 0.05) is 18.8 Å². The number of hydrogen-bond acceptors (Lipinski definition) is 2. The van der Waals surface area contributed by atoms with Crippen molar-refractivity contribution in [1.82, 2.24) is 14.9 Å². The van der Waals surface area contributed by atoms with E-state index >= 15 is 0 Å². The van der Waals surface area contributed by atoms with Gasteiger partial charge >= 0.3 is 0 Å². The molecule has 1 fully saturated rings. The van der Waals surface area contributed by atoms with Crippen molar-refractivity contribution in [3.05, 3.63) is 18.2 Å². The molecule has 1 N–H and O–H groups in total. The second-order valence-corrected chi connectivity index (χ2v) is 5.09. The maximum atomic E-state index is 4.34. The van der Waals surface area contributed by atoms with Crippen molar-refractivity contribution >= 4 is 0 Å². The van der Waals surface area contributed by atoms with E-state index in [9.17, 15) is 0 Å². The van der Waals surface area contributed by atoms with Gasteiger partial charge in [-0.1, -0.05) is 33.1 Å². The number of aromatic nitrogens is 2. The number of nitrogens with one attached hydrogen (secondary N) is 1. The van der Waals surface area contributed by atoms with Crippen LogP contribution in [0.3, 0.4) is 0 Å². The molecule has 0 saturated heterocycles. The number of imidazole rings is 1. The Kier molecular flexibility index (Phi) is 4.60. The summed E-state index contributed by atoms with van der Waals surface area (Å²) in [6.45, 7) is 6.44. The van der Waals surface area contributed by atoms with E-state index in [-0.39, 0.29) is 0 Å². The molecular weight excluding hydrogens is 210 g/mol. The van der Waals surface area contributed by atoms with Crippen molar-refractivity contribution in [2.24, 2.45) is 5.92 Å². The maximum Gasteiger partial charge on any atom is 0.0951 e. The molecule has 2 unspecified atom stereocenters. The van der Waals surface area contributed by atoms with Crippen LogP contribution in [0.25, 0.3) is 0 Å². The molecule has 3 heteroatoms. The van der Waals surface area contributed by atoms with Crippen LogP contribution >= 0.6 is 0 Å². The summed E-state index contributed by atoms with van der Waals surface area (Å²) >= 11 is 0. The van der Waals surface area contributed by atoms with E-state index in [0.717, 1.165) is 19.0 Å². The quantitative estimate of drug-likeness (QED) is 0.849. The fourth-order valence-corrected chi connectivity index (χ4v) is 3.05. The molecule has 2 atom stereocenters. The first-order chi connectivity index (χ1) is 8.36. The van der Waals surface area contributed by atoms with Crippen LogP contribution in [-0.4, -0.2) is 16.1 Å². The van der Waals surface area contributed by atoms with Gasteiger partial charge < -0.3 is 9.88 Å². The second-order valence-electron chi connectivity index (χ2n) is 5.09. The molecular formula is C14H25N3. The first-order valence-electron chi connectivity index (χ1n) is 7.08. The Morgan fingerprint density at radius 1 is 1.35 bits per heavy atom. The standard InChI is InChI=1S/C14H25N3/c1-3-12-7-5-6-8-14(12)17-11-16-10-13(17)9-15-4-2/h10-12,14-15H,3-9H2,1-2H3. The van der Waals surface area contributed by atoms with Crippen LogP contribution in [0.4, 0.5) is 0 Å². The monoisotopic (exact) mass is 235 g/mol. The van der Waals surface area contributed by atoms with E-state index in [1.165, 1.54) is 37.8 Å². The van der Waals surface area contributed by atoms with E-state index < -0.39 is 0 Å². The summed E-state index contributed by atoms with van der Waals surface area (Å²) < 4.78 is 2.43. The average molecular weight is 235 g/mol. The highest BCUT2D eigenvalue weighted by atomic mass is 15.1. The van der Waals surface area contributed by atoms with Gasteiger partial charge in [-0.2, -0.15) is 0 Å². The summed E-state index contributed by atoms with van der Waals surface area (Å²) in [7, 11) is 0. The molecule has 1 saturated carbocycles. The molecule has 2 rings (SSSR count). The molecule has 17 heavy (non-hydrogen) atoms. The van der Waals surface area contributed by atoms with Crippen molar-refractivity contribution in [1.29, 1.82) is 0 Å². The second kappa shape index (κ2) is 6.20. The fourth-order valence-electron chi connectivity index (χ4n) is 3.05. The summed E-state index contributed by atoms with van der Waals surface area (Å²) in [5.41, 5.74) is 1.34. The fraction of sp³-hybridized carbons (Fsp3) is 0.786. The van der Waals surface area contributed by atoms with Crippen LogP contribution in [-0.2, 0) is 6.54 Å². The minimum Gasteiger partial charge on any atom is -0.330 e. The lowest BCUT2D eigenvalue weighted by molar-refractivity contribution is 0.228. The zero-order valence-corrected chi connectivity index (χ0v) is 11.2. The van der Waals surface area contributed by atoms with Gasteiger partial charge in [-0.3, -0.25) is 0 Å². The van der Waals surface area contributed by atoms with Crippen molar-refractivity contribution in [2.75, 3.05) is 6.54 Å². The van der Waals surface area contributed by atoms with E-state index in [4.69, 9.17) is 0 Å². The third-order valence-corrected chi connectivity index (χ3v) is 4.05. The Morgan fingerprint density at radius 3 is 2.94 bits per heavy atom. The van der Waals surface area contributed by atoms with Crippen molar-refractivity contribution in [2.45, 2.75) is 58.5 Å². The largest absolute Gasteiger partial charge is 0.330 e. The van der Waals surface area contributed by atoms with Gasteiger partial charge in [0.25, 0.3) is 0 Å². The molecule has 1 aromatic heterocycles. The van der Waals surface area contributed by atoms with Crippen LogP contribution in [0, 0.1) is 5.92 Å². The van der Waals surface area contributed by atoms with Crippen LogP contribution in [0.2, 0.25) is 0 Å². The molecule has 1 heterocycles. The Hall–Kier alpha value is -0.830. The zero-order chi connectivity index (χ0) is 12.1. The Morgan fingerprint density at radius 2 is 2.18 bits per heavy atom. The molecule has 0 spiro atoms. The Bertz CT molecular complexity index is 332. The smallest absolute Gasteiger partial charge is 0.0951 e. The van der Waals surface area contributed by atoms with Crippen LogP contribution in [0.5, 0.6) is 0 Å². The lowest BCUT2D eigenvalue weighted by atomic mass is 9.82. The van der Waals surface area contributed by atoms with Gasteiger partial charge in [0.2, 0.25) is 0 Å². The van der Waals surface area contributed by atoms with E-state index in [1.54, 1.807) is 0 Å². The molecule has 3 nitrogen and oxygen atoms in total.